The largest absolute Gasteiger partial charge is 1.00 e. The van der Waals surface area contributed by atoms with Crippen LogP contribution in [0, 0.1) is 0 Å². The summed E-state index contributed by atoms with van der Waals surface area (Å²) in [5.74, 6) is -1.02. The first-order valence-electron chi connectivity index (χ1n) is 7.70. The average Bonchev–Trinajstić information content (AvgIpc) is 2.84. The Bertz CT molecular complexity index is 998. The molecule has 1 saturated heterocycles. The van der Waals surface area contributed by atoms with Crippen molar-refractivity contribution in [3.8, 4) is 5.75 Å². The number of hydrogen-bond acceptors (Lipinski definition) is 7. The van der Waals surface area contributed by atoms with Crippen LogP contribution in [0.3, 0.4) is 0 Å². The summed E-state index contributed by atoms with van der Waals surface area (Å²) in [5.41, 5.74) is 0.241. The van der Waals surface area contributed by atoms with Crippen LogP contribution in [0.1, 0.15) is 14.0 Å². The summed E-state index contributed by atoms with van der Waals surface area (Å²) in [4.78, 5) is 39.9. The van der Waals surface area contributed by atoms with E-state index >= 15 is 0 Å². The van der Waals surface area contributed by atoms with Crippen LogP contribution in [0.2, 0.25) is 0 Å². The number of amides is 3. The molecule has 0 saturated carbocycles. The first-order valence-corrected chi connectivity index (χ1v) is 9.07. The molecule has 1 aromatic rings. The monoisotopic (exact) mass is 424 g/mol. The minimum absolute atomic E-state index is 0. The van der Waals surface area contributed by atoms with Gasteiger partial charge in [-0.25, -0.2) is 4.79 Å². The van der Waals surface area contributed by atoms with Crippen LogP contribution in [0.4, 0.5) is 4.79 Å². The normalized spacial score (nSPS) is 21.2. The molecule has 4 N–H and O–H groups in total. The van der Waals surface area contributed by atoms with E-state index in [-0.39, 0.29) is 44.1 Å². The van der Waals surface area contributed by atoms with Crippen LogP contribution < -0.4 is 40.3 Å². The van der Waals surface area contributed by atoms with E-state index in [9.17, 15) is 27.9 Å². The third kappa shape index (κ3) is 4.56. The first-order chi connectivity index (χ1) is 12.6. The summed E-state index contributed by atoms with van der Waals surface area (Å²) in [5, 5.41) is 12.3. The van der Waals surface area contributed by atoms with E-state index in [1.807, 2.05) is 0 Å². The van der Waals surface area contributed by atoms with E-state index < -0.39 is 45.6 Å². The van der Waals surface area contributed by atoms with Crippen LogP contribution in [0.25, 0.3) is 0 Å². The third-order valence-electron chi connectivity index (χ3n) is 4.22. The van der Waals surface area contributed by atoms with Crippen molar-refractivity contribution in [1.29, 1.82) is 0 Å². The van der Waals surface area contributed by atoms with Gasteiger partial charge in [-0.1, -0.05) is 6.08 Å². The number of urea groups is 1. The maximum atomic E-state index is 12.5. The van der Waals surface area contributed by atoms with Gasteiger partial charge < -0.3 is 20.3 Å². The Morgan fingerprint density at radius 1 is 1.46 bits per heavy atom. The summed E-state index contributed by atoms with van der Waals surface area (Å²) in [6, 6.07) is -1.54. The summed E-state index contributed by atoms with van der Waals surface area (Å²) in [6.45, 7) is 1.54. The predicted molar refractivity (Wildman–Crippen MR) is 89.6 cm³/mol. The van der Waals surface area contributed by atoms with Crippen LogP contribution >= 0.6 is 0 Å². The number of hydroxylamine groups is 2. The SMILES string of the molecule is CC1=C[C@@H](C(=O)NCc2cc(=O)c(O)c[nH]2)N2C[C@@H]1N(OS(=O)(=O)O)C2=O.[H+].[Na+]. The van der Waals surface area contributed by atoms with Gasteiger partial charge in [-0.2, -0.15) is 13.5 Å². The van der Waals surface area contributed by atoms with Gasteiger partial charge in [0.05, 0.1) is 13.1 Å². The Kier molecular flexibility index (Phi) is 6.58. The molecule has 1 aromatic heterocycles. The second kappa shape index (κ2) is 8.23. The van der Waals surface area contributed by atoms with Gasteiger partial charge in [-0.15, -0.1) is 4.28 Å². The van der Waals surface area contributed by atoms with Gasteiger partial charge >= 0.3 is 47.4 Å². The first kappa shape index (κ1) is 22.4. The minimum Gasteiger partial charge on any atom is -0.503 e. The van der Waals surface area contributed by atoms with Gasteiger partial charge in [0.15, 0.2) is 5.75 Å². The number of nitrogens with zero attached hydrogens (tertiary/aromatic N) is 2. The van der Waals surface area contributed by atoms with E-state index in [1.165, 1.54) is 6.08 Å². The molecular weight excluding hydrogens is 407 g/mol. The number of carbonyl (C=O) groups excluding carboxylic acids is 2. The molecule has 2 aliphatic rings. The molecular formula is C14H17N4NaO8S+2. The zero-order valence-corrected chi connectivity index (χ0v) is 17.8. The maximum absolute atomic E-state index is 12.5. The average molecular weight is 424 g/mol. The molecule has 3 rings (SSSR count). The fourth-order valence-corrected chi connectivity index (χ4v) is 3.28. The van der Waals surface area contributed by atoms with Crippen molar-refractivity contribution in [3.05, 3.63) is 39.8 Å². The molecule has 0 spiro atoms. The number of nitrogens with one attached hydrogen (secondary N) is 2. The molecule has 2 bridgehead atoms. The molecule has 28 heavy (non-hydrogen) atoms. The molecule has 2 atom stereocenters. The molecule has 0 aliphatic carbocycles. The number of aromatic amines is 1. The van der Waals surface area contributed by atoms with Crippen molar-refractivity contribution in [2.45, 2.75) is 25.6 Å². The van der Waals surface area contributed by atoms with Crippen LogP contribution in [-0.2, 0) is 26.0 Å². The van der Waals surface area contributed by atoms with Gasteiger partial charge in [0, 0.05) is 18.0 Å². The van der Waals surface area contributed by atoms with E-state index in [4.69, 9.17) is 4.55 Å². The number of fused-ring (bicyclic) bond motifs is 2. The number of aromatic hydroxyl groups is 1. The minimum atomic E-state index is -4.90. The molecule has 0 unspecified atom stereocenters. The van der Waals surface area contributed by atoms with Crippen molar-refractivity contribution in [2.24, 2.45) is 0 Å². The maximum Gasteiger partial charge on any atom is 1.00 e. The Balaban J connectivity index is 0.00000210. The quantitative estimate of drug-likeness (QED) is 0.210. The van der Waals surface area contributed by atoms with Crippen molar-refractivity contribution in [2.75, 3.05) is 6.54 Å². The number of hydrogen-bond donors (Lipinski definition) is 4. The fourth-order valence-electron chi connectivity index (χ4n) is 2.91. The molecule has 3 heterocycles. The zero-order chi connectivity index (χ0) is 19.9. The summed E-state index contributed by atoms with van der Waals surface area (Å²) >= 11 is 0. The smallest absolute Gasteiger partial charge is 0.503 e. The Labute approximate surface area is 182 Å². The second-order valence-electron chi connectivity index (χ2n) is 6.06. The number of aromatic nitrogens is 1. The fraction of sp³-hybridized carbons (Fsp3) is 0.357. The van der Waals surface area contributed by atoms with E-state index in [1.54, 1.807) is 6.92 Å². The predicted octanol–water partition coefficient (Wildman–Crippen LogP) is -4.02. The van der Waals surface area contributed by atoms with Crippen molar-refractivity contribution in [3.63, 3.8) is 0 Å². The van der Waals surface area contributed by atoms with Crippen molar-refractivity contribution < 1.29 is 62.9 Å². The Hall–Kier alpha value is -1.90. The number of pyridine rings is 1. The molecule has 0 aromatic carbocycles. The molecule has 3 amide bonds. The summed E-state index contributed by atoms with van der Waals surface area (Å²) in [6.07, 6.45) is 2.57. The van der Waals surface area contributed by atoms with Gasteiger partial charge in [0.25, 0.3) is 0 Å². The van der Waals surface area contributed by atoms with E-state index in [0.29, 0.717) is 16.3 Å². The number of carbonyl (C=O) groups is 2. The molecule has 14 heteroatoms. The molecule has 1 fully saturated rings. The van der Waals surface area contributed by atoms with Crippen molar-refractivity contribution >= 4 is 22.3 Å². The van der Waals surface area contributed by atoms with Crippen LogP contribution in [0.15, 0.2) is 28.7 Å². The molecule has 146 valence electrons. The Morgan fingerprint density at radius 3 is 2.75 bits per heavy atom. The molecule has 12 nitrogen and oxygen atoms in total. The third-order valence-corrected chi connectivity index (χ3v) is 4.57. The Morgan fingerprint density at radius 2 is 2.14 bits per heavy atom. The van der Waals surface area contributed by atoms with E-state index in [0.717, 1.165) is 17.2 Å². The second-order valence-corrected chi connectivity index (χ2v) is 7.06. The van der Waals surface area contributed by atoms with E-state index in [2.05, 4.69) is 14.6 Å². The van der Waals surface area contributed by atoms with Gasteiger partial charge in [0.2, 0.25) is 11.3 Å². The topological polar surface area (TPSA) is 169 Å². The molecule has 2 aliphatic heterocycles. The van der Waals surface area contributed by atoms with Crippen LogP contribution in [0.5, 0.6) is 5.75 Å². The van der Waals surface area contributed by atoms with Crippen LogP contribution in [-0.4, -0.2) is 63.6 Å². The van der Waals surface area contributed by atoms with Gasteiger partial charge in [0.1, 0.15) is 12.1 Å². The van der Waals surface area contributed by atoms with Gasteiger partial charge in [-0.3, -0.25) is 14.1 Å². The zero-order valence-electron chi connectivity index (χ0n) is 15.9. The number of rotatable bonds is 5. The summed E-state index contributed by atoms with van der Waals surface area (Å²) in [7, 11) is -4.90. The van der Waals surface area contributed by atoms with Crippen molar-refractivity contribution in [1.82, 2.24) is 20.3 Å². The molecule has 0 radical (unpaired) electrons. The summed E-state index contributed by atoms with van der Waals surface area (Å²) < 4.78 is 35.0. The number of H-pyrrole nitrogens is 1. The standard InChI is InChI=1S/C14H16N4O8S.Na/c1-7-2-9(13(21)16-4-8-3-11(19)12(20)5-15-8)17-6-10(7)18(14(17)22)26-27(23,24)25;/h2-3,5,9-10,20H,4,6H2,1H3,(H,15,19)(H,16,21)(H,23,24,25);/q;+1/p+1/t9-,10-;/m0./s1. The van der Waals surface area contributed by atoms with Gasteiger partial charge in [-0.05, 0) is 12.5 Å².